The number of aromatic nitrogens is 2. The van der Waals surface area contributed by atoms with Gasteiger partial charge < -0.3 is 9.80 Å². The molecule has 0 spiro atoms. The van der Waals surface area contributed by atoms with Gasteiger partial charge in [-0.1, -0.05) is 29.8 Å². The Hall–Kier alpha value is -2.19. The van der Waals surface area contributed by atoms with Crippen LogP contribution >= 0.6 is 0 Å². The number of piperazine rings is 1. The molecule has 0 N–H and O–H groups in total. The predicted molar refractivity (Wildman–Crippen MR) is 116 cm³/mol. The van der Waals surface area contributed by atoms with Gasteiger partial charge in [0.15, 0.2) is 11.6 Å². The van der Waals surface area contributed by atoms with Crippen LogP contribution in [0.5, 0.6) is 0 Å². The van der Waals surface area contributed by atoms with E-state index in [9.17, 15) is 8.42 Å². The summed E-state index contributed by atoms with van der Waals surface area (Å²) >= 11 is 0. The number of sulfonamides is 1. The van der Waals surface area contributed by atoms with Crippen LogP contribution in [-0.2, 0) is 15.8 Å². The average Bonchev–Trinajstić information content (AvgIpc) is 2.74. The summed E-state index contributed by atoms with van der Waals surface area (Å²) in [5.41, 5.74) is 1.92. The van der Waals surface area contributed by atoms with Crippen molar-refractivity contribution in [1.82, 2.24) is 14.5 Å². The van der Waals surface area contributed by atoms with Gasteiger partial charge in [-0.3, -0.25) is 0 Å². The van der Waals surface area contributed by atoms with E-state index in [1.807, 2.05) is 43.3 Å². The summed E-state index contributed by atoms with van der Waals surface area (Å²) in [6.07, 6.45) is 3.71. The molecule has 0 amide bonds. The van der Waals surface area contributed by atoms with E-state index in [-0.39, 0.29) is 5.75 Å². The first-order chi connectivity index (χ1) is 14.0. The van der Waals surface area contributed by atoms with Gasteiger partial charge in [-0.15, -0.1) is 10.2 Å². The first-order valence-corrected chi connectivity index (χ1v) is 12.0. The summed E-state index contributed by atoms with van der Waals surface area (Å²) in [4.78, 5) is 4.40. The van der Waals surface area contributed by atoms with Gasteiger partial charge in [-0.25, -0.2) is 8.42 Å². The Morgan fingerprint density at radius 1 is 0.828 bits per heavy atom. The van der Waals surface area contributed by atoms with Gasteiger partial charge in [-0.05, 0) is 43.9 Å². The zero-order valence-corrected chi connectivity index (χ0v) is 17.8. The van der Waals surface area contributed by atoms with Crippen LogP contribution in [0.2, 0.25) is 0 Å². The molecule has 7 nitrogen and oxygen atoms in total. The highest BCUT2D eigenvalue weighted by Gasteiger charge is 2.28. The quantitative estimate of drug-likeness (QED) is 0.747. The maximum Gasteiger partial charge on any atom is 0.218 e. The Morgan fingerprint density at radius 3 is 2.03 bits per heavy atom. The fourth-order valence-electron chi connectivity index (χ4n) is 4.08. The van der Waals surface area contributed by atoms with Crippen molar-refractivity contribution in [3.63, 3.8) is 0 Å². The molecule has 0 radical (unpaired) electrons. The van der Waals surface area contributed by atoms with Crippen LogP contribution in [0.3, 0.4) is 0 Å². The molecular formula is C21H29N5O2S. The number of anilines is 2. The van der Waals surface area contributed by atoms with Crippen LogP contribution in [0.25, 0.3) is 0 Å². The maximum atomic E-state index is 12.8. The summed E-state index contributed by atoms with van der Waals surface area (Å²) in [5.74, 6) is 1.81. The highest BCUT2D eigenvalue weighted by atomic mass is 32.2. The highest BCUT2D eigenvalue weighted by Crippen LogP contribution is 2.21. The molecule has 2 aliphatic heterocycles. The van der Waals surface area contributed by atoms with Crippen molar-refractivity contribution in [2.45, 2.75) is 31.9 Å². The largest absolute Gasteiger partial charge is 0.355 e. The monoisotopic (exact) mass is 415 g/mol. The predicted octanol–water partition coefficient (Wildman–Crippen LogP) is 2.43. The molecule has 0 saturated carbocycles. The molecule has 2 fully saturated rings. The normalized spacial score (nSPS) is 18.8. The van der Waals surface area contributed by atoms with E-state index in [0.717, 1.165) is 35.9 Å². The molecule has 0 atom stereocenters. The molecule has 1 aromatic carbocycles. The van der Waals surface area contributed by atoms with E-state index >= 15 is 0 Å². The van der Waals surface area contributed by atoms with Crippen molar-refractivity contribution in [3.8, 4) is 0 Å². The van der Waals surface area contributed by atoms with Crippen molar-refractivity contribution in [2.24, 2.45) is 0 Å². The lowest BCUT2D eigenvalue weighted by atomic mass is 10.1. The van der Waals surface area contributed by atoms with Crippen LogP contribution in [0.1, 0.15) is 30.4 Å². The zero-order chi connectivity index (χ0) is 20.3. The molecule has 3 heterocycles. The van der Waals surface area contributed by atoms with Crippen LogP contribution in [0.4, 0.5) is 11.6 Å². The third-order valence-electron chi connectivity index (χ3n) is 5.70. The van der Waals surface area contributed by atoms with Gasteiger partial charge in [0.25, 0.3) is 0 Å². The Balaban J connectivity index is 1.35. The van der Waals surface area contributed by atoms with Gasteiger partial charge in [0.05, 0.1) is 5.75 Å². The summed E-state index contributed by atoms with van der Waals surface area (Å²) < 4.78 is 27.2. The summed E-state index contributed by atoms with van der Waals surface area (Å²) in [6, 6.07) is 11.7. The summed E-state index contributed by atoms with van der Waals surface area (Å²) in [5, 5.41) is 8.82. The molecule has 29 heavy (non-hydrogen) atoms. The molecule has 0 unspecified atom stereocenters. The van der Waals surface area contributed by atoms with E-state index in [1.54, 1.807) is 4.31 Å². The van der Waals surface area contributed by atoms with Gasteiger partial charge in [0, 0.05) is 39.3 Å². The first kappa shape index (κ1) is 20.1. The fraction of sp³-hybridized carbons (Fsp3) is 0.524. The minimum Gasteiger partial charge on any atom is -0.355 e. The minimum absolute atomic E-state index is 0.0546. The maximum absolute atomic E-state index is 12.8. The number of piperidine rings is 1. The van der Waals surface area contributed by atoms with E-state index < -0.39 is 10.0 Å². The Morgan fingerprint density at radius 2 is 1.45 bits per heavy atom. The summed E-state index contributed by atoms with van der Waals surface area (Å²) in [6.45, 7) is 6.28. The van der Waals surface area contributed by atoms with Gasteiger partial charge in [0.2, 0.25) is 10.0 Å². The molecule has 0 aliphatic carbocycles. The lowest BCUT2D eigenvalue weighted by molar-refractivity contribution is 0.383. The average molecular weight is 416 g/mol. The molecule has 156 valence electrons. The Kier molecular flexibility index (Phi) is 6.01. The zero-order valence-electron chi connectivity index (χ0n) is 17.0. The second-order valence-electron chi connectivity index (χ2n) is 7.93. The van der Waals surface area contributed by atoms with Crippen molar-refractivity contribution >= 4 is 21.7 Å². The number of hydrogen-bond acceptors (Lipinski definition) is 6. The van der Waals surface area contributed by atoms with Crippen molar-refractivity contribution in [2.75, 3.05) is 49.1 Å². The number of hydrogen-bond donors (Lipinski definition) is 0. The number of rotatable bonds is 5. The molecule has 8 heteroatoms. The summed E-state index contributed by atoms with van der Waals surface area (Å²) in [7, 11) is -3.32. The molecule has 2 aliphatic rings. The van der Waals surface area contributed by atoms with Gasteiger partial charge in [-0.2, -0.15) is 4.31 Å². The fourth-order valence-corrected chi connectivity index (χ4v) is 5.58. The van der Waals surface area contributed by atoms with Crippen molar-refractivity contribution in [3.05, 3.63) is 47.5 Å². The van der Waals surface area contributed by atoms with Crippen LogP contribution in [0, 0.1) is 6.92 Å². The molecule has 2 saturated heterocycles. The second kappa shape index (κ2) is 8.67. The minimum atomic E-state index is -3.32. The van der Waals surface area contributed by atoms with Crippen LogP contribution in [0.15, 0.2) is 36.4 Å². The third kappa shape index (κ3) is 4.87. The highest BCUT2D eigenvalue weighted by molar-refractivity contribution is 7.88. The lowest BCUT2D eigenvalue weighted by Crippen LogP contribution is -2.49. The number of benzene rings is 1. The van der Waals surface area contributed by atoms with E-state index in [0.29, 0.717) is 26.2 Å². The van der Waals surface area contributed by atoms with Crippen molar-refractivity contribution in [1.29, 1.82) is 0 Å². The number of aryl methyl sites for hydroxylation is 1. The second-order valence-corrected chi connectivity index (χ2v) is 9.90. The van der Waals surface area contributed by atoms with Crippen LogP contribution < -0.4 is 9.80 Å². The SMILES string of the molecule is Cc1cccc(CS(=O)(=O)N2CCN(c3ccc(N4CCCCC4)nn3)CC2)c1. The van der Waals surface area contributed by atoms with Gasteiger partial charge >= 0.3 is 0 Å². The van der Waals surface area contributed by atoms with Crippen molar-refractivity contribution < 1.29 is 8.42 Å². The van der Waals surface area contributed by atoms with Crippen LogP contribution in [-0.4, -0.2) is 62.2 Å². The Labute approximate surface area is 173 Å². The number of nitrogens with zero attached hydrogens (tertiary/aromatic N) is 5. The Bertz CT molecular complexity index is 918. The molecule has 2 aromatic rings. The first-order valence-electron chi connectivity index (χ1n) is 10.4. The van der Waals surface area contributed by atoms with E-state index in [4.69, 9.17) is 0 Å². The molecule has 0 bridgehead atoms. The third-order valence-corrected chi connectivity index (χ3v) is 7.55. The van der Waals surface area contributed by atoms with E-state index in [2.05, 4.69) is 20.0 Å². The van der Waals surface area contributed by atoms with E-state index in [1.165, 1.54) is 19.3 Å². The molecular weight excluding hydrogens is 386 g/mol. The lowest BCUT2D eigenvalue weighted by Gasteiger charge is -2.34. The molecule has 4 rings (SSSR count). The van der Waals surface area contributed by atoms with Gasteiger partial charge in [0.1, 0.15) is 0 Å². The standard InChI is InChI=1S/C21H29N5O2S/c1-18-6-5-7-19(16-18)17-29(27,28)26-14-12-25(13-15-26)21-9-8-20(22-23-21)24-10-3-2-4-11-24/h5-9,16H,2-4,10-15,17H2,1H3. The molecule has 1 aromatic heterocycles. The smallest absolute Gasteiger partial charge is 0.218 e. The topological polar surface area (TPSA) is 69.6 Å².